The SMILES string of the molecule is FC(F)(F)c1ccc(OCC[C@H]2CCCNC2)cc1. The average molecular weight is 273 g/mol. The second-order valence-corrected chi connectivity index (χ2v) is 4.87. The van der Waals surface area contributed by atoms with Crippen molar-refractivity contribution in [2.24, 2.45) is 5.92 Å². The highest BCUT2D eigenvalue weighted by atomic mass is 19.4. The summed E-state index contributed by atoms with van der Waals surface area (Å²) in [5.41, 5.74) is -0.642. The van der Waals surface area contributed by atoms with E-state index in [1.165, 1.54) is 25.0 Å². The molecule has 0 aliphatic carbocycles. The molecule has 0 spiro atoms. The Morgan fingerprint density at radius 1 is 1.21 bits per heavy atom. The van der Waals surface area contributed by atoms with Gasteiger partial charge in [0.25, 0.3) is 0 Å². The van der Waals surface area contributed by atoms with Crippen LogP contribution in [0.15, 0.2) is 24.3 Å². The first-order valence-corrected chi connectivity index (χ1v) is 6.56. The van der Waals surface area contributed by atoms with Crippen LogP contribution in [-0.2, 0) is 6.18 Å². The maximum atomic E-state index is 12.4. The molecule has 1 N–H and O–H groups in total. The van der Waals surface area contributed by atoms with E-state index in [1.54, 1.807) is 0 Å². The Kier molecular flexibility index (Phi) is 4.69. The number of ether oxygens (including phenoxy) is 1. The van der Waals surface area contributed by atoms with Crippen molar-refractivity contribution in [3.05, 3.63) is 29.8 Å². The largest absolute Gasteiger partial charge is 0.494 e. The Hall–Kier alpha value is -1.23. The van der Waals surface area contributed by atoms with Gasteiger partial charge < -0.3 is 10.1 Å². The average Bonchev–Trinajstić information content (AvgIpc) is 2.39. The van der Waals surface area contributed by atoms with Crippen molar-refractivity contribution in [1.29, 1.82) is 0 Å². The molecule has 0 saturated carbocycles. The maximum absolute atomic E-state index is 12.4. The van der Waals surface area contributed by atoms with Crippen LogP contribution in [0.5, 0.6) is 5.75 Å². The molecule has 2 rings (SSSR count). The molecule has 1 saturated heterocycles. The fraction of sp³-hybridized carbons (Fsp3) is 0.571. The number of hydrogen-bond acceptors (Lipinski definition) is 2. The molecule has 1 aromatic carbocycles. The molecular weight excluding hydrogens is 255 g/mol. The van der Waals surface area contributed by atoms with Crippen LogP contribution in [0.25, 0.3) is 0 Å². The molecule has 0 radical (unpaired) electrons. The minimum atomic E-state index is -4.29. The fourth-order valence-corrected chi connectivity index (χ4v) is 2.25. The van der Waals surface area contributed by atoms with Crippen molar-refractivity contribution in [1.82, 2.24) is 5.32 Å². The van der Waals surface area contributed by atoms with Gasteiger partial charge in [0.1, 0.15) is 5.75 Å². The second-order valence-electron chi connectivity index (χ2n) is 4.87. The Balaban J connectivity index is 1.76. The van der Waals surface area contributed by atoms with Crippen LogP contribution in [0.2, 0.25) is 0 Å². The first kappa shape index (κ1) is 14.2. The van der Waals surface area contributed by atoms with Gasteiger partial charge in [0, 0.05) is 0 Å². The maximum Gasteiger partial charge on any atom is 0.416 e. The van der Waals surface area contributed by atoms with E-state index in [1.807, 2.05) is 0 Å². The highest BCUT2D eigenvalue weighted by Gasteiger charge is 2.30. The molecular formula is C14H18F3NO. The van der Waals surface area contributed by atoms with Crippen LogP contribution < -0.4 is 10.1 Å². The van der Waals surface area contributed by atoms with Gasteiger partial charge in [-0.1, -0.05) is 0 Å². The molecule has 2 nitrogen and oxygen atoms in total. The van der Waals surface area contributed by atoms with Gasteiger partial charge >= 0.3 is 6.18 Å². The van der Waals surface area contributed by atoms with Gasteiger partial charge in [-0.05, 0) is 62.5 Å². The minimum absolute atomic E-state index is 0.497. The summed E-state index contributed by atoms with van der Waals surface area (Å²) in [6, 6.07) is 4.86. The predicted octanol–water partition coefficient (Wildman–Crippen LogP) is 3.47. The lowest BCUT2D eigenvalue weighted by Gasteiger charge is -2.22. The lowest BCUT2D eigenvalue weighted by atomic mass is 9.97. The van der Waals surface area contributed by atoms with Gasteiger partial charge in [-0.15, -0.1) is 0 Å². The fourth-order valence-electron chi connectivity index (χ4n) is 2.25. The molecule has 1 heterocycles. The molecule has 0 unspecified atom stereocenters. The number of halogens is 3. The normalized spacial score (nSPS) is 20.3. The molecule has 1 aromatic rings. The van der Waals surface area contributed by atoms with Gasteiger partial charge in [-0.25, -0.2) is 0 Å². The highest BCUT2D eigenvalue weighted by Crippen LogP contribution is 2.30. The van der Waals surface area contributed by atoms with Crippen LogP contribution in [-0.4, -0.2) is 19.7 Å². The van der Waals surface area contributed by atoms with Gasteiger partial charge in [0.05, 0.1) is 12.2 Å². The number of hydrogen-bond donors (Lipinski definition) is 1. The summed E-state index contributed by atoms with van der Waals surface area (Å²) in [4.78, 5) is 0. The number of nitrogens with one attached hydrogen (secondary N) is 1. The Morgan fingerprint density at radius 3 is 2.53 bits per heavy atom. The standard InChI is InChI=1S/C14H18F3NO/c15-14(16,17)12-3-5-13(6-4-12)19-9-7-11-2-1-8-18-10-11/h3-6,11,18H,1-2,7-10H2/t11-/m1/s1. The van der Waals surface area contributed by atoms with E-state index < -0.39 is 11.7 Å². The Labute approximate surface area is 111 Å². The molecule has 0 amide bonds. The molecule has 5 heteroatoms. The molecule has 106 valence electrons. The predicted molar refractivity (Wildman–Crippen MR) is 67.1 cm³/mol. The summed E-state index contributed by atoms with van der Waals surface area (Å²) in [7, 11) is 0. The first-order chi connectivity index (χ1) is 9.05. The summed E-state index contributed by atoms with van der Waals surface area (Å²) < 4.78 is 42.6. The first-order valence-electron chi connectivity index (χ1n) is 6.56. The molecule has 1 aliphatic rings. The van der Waals surface area contributed by atoms with Gasteiger partial charge in [-0.2, -0.15) is 13.2 Å². The van der Waals surface area contributed by atoms with E-state index in [-0.39, 0.29) is 0 Å². The smallest absolute Gasteiger partial charge is 0.416 e. The van der Waals surface area contributed by atoms with Crippen molar-refractivity contribution < 1.29 is 17.9 Å². The van der Waals surface area contributed by atoms with E-state index in [2.05, 4.69) is 5.32 Å². The summed E-state index contributed by atoms with van der Waals surface area (Å²) in [5.74, 6) is 1.11. The van der Waals surface area contributed by atoms with Crippen molar-refractivity contribution in [3.63, 3.8) is 0 Å². The zero-order valence-corrected chi connectivity index (χ0v) is 10.7. The number of alkyl halides is 3. The lowest BCUT2D eigenvalue weighted by molar-refractivity contribution is -0.137. The van der Waals surface area contributed by atoms with E-state index in [9.17, 15) is 13.2 Å². The van der Waals surface area contributed by atoms with Crippen molar-refractivity contribution in [3.8, 4) is 5.75 Å². The number of benzene rings is 1. The van der Waals surface area contributed by atoms with E-state index in [4.69, 9.17) is 4.74 Å². The zero-order valence-electron chi connectivity index (χ0n) is 10.7. The zero-order chi connectivity index (χ0) is 13.7. The van der Waals surface area contributed by atoms with Crippen molar-refractivity contribution in [2.75, 3.05) is 19.7 Å². The van der Waals surface area contributed by atoms with Crippen LogP contribution in [0.3, 0.4) is 0 Å². The molecule has 1 atom stereocenters. The monoisotopic (exact) mass is 273 g/mol. The van der Waals surface area contributed by atoms with Crippen LogP contribution >= 0.6 is 0 Å². The summed E-state index contributed by atoms with van der Waals surface area (Å²) in [6.07, 6.45) is -0.964. The third kappa shape index (κ3) is 4.42. The van der Waals surface area contributed by atoms with Crippen LogP contribution in [0, 0.1) is 5.92 Å². The Morgan fingerprint density at radius 2 is 1.95 bits per heavy atom. The Bertz CT molecular complexity index is 383. The highest BCUT2D eigenvalue weighted by molar-refractivity contribution is 5.28. The molecule has 1 fully saturated rings. The molecule has 1 aliphatic heterocycles. The summed E-state index contributed by atoms with van der Waals surface area (Å²) in [6.45, 7) is 2.64. The van der Waals surface area contributed by atoms with E-state index >= 15 is 0 Å². The van der Waals surface area contributed by atoms with Crippen molar-refractivity contribution >= 4 is 0 Å². The van der Waals surface area contributed by atoms with E-state index in [0.29, 0.717) is 18.3 Å². The topological polar surface area (TPSA) is 21.3 Å². The molecule has 19 heavy (non-hydrogen) atoms. The minimum Gasteiger partial charge on any atom is -0.494 e. The van der Waals surface area contributed by atoms with E-state index in [0.717, 1.165) is 31.6 Å². The third-order valence-electron chi connectivity index (χ3n) is 3.38. The number of rotatable bonds is 4. The molecule has 0 bridgehead atoms. The lowest BCUT2D eigenvalue weighted by Crippen LogP contribution is -2.30. The quantitative estimate of drug-likeness (QED) is 0.907. The molecule has 0 aromatic heterocycles. The van der Waals surface area contributed by atoms with Gasteiger partial charge in [0.2, 0.25) is 0 Å². The summed E-state index contributed by atoms with van der Waals surface area (Å²) >= 11 is 0. The number of piperidine rings is 1. The van der Waals surface area contributed by atoms with Crippen LogP contribution in [0.1, 0.15) is 24.8 Å². The van der Waals surface area contributed by atoms with Crippen LogP contribution in [0.4, 0.5) is 13.2 Å². The van der Waals surface area contributed by atoms with Crippen molar-refractivity contribution in [2.45, 2.75) is 25.4 Å². The van der Waals surface area contributed by atoms with Gasteiger partial charge in [0.15, 0.2) is 0 Å². The summed E-state index contributed by atoms with van der Waals surface area (Å²) in [5, 5.41) is 3.33. The second kappa shape index (κ2) is 6.28. The third-order valence-corrected chi connectivity index (χ3v) is 3.38. The van der Waals surface area contributed by atoms with Gasteiger partial charge in [-0.3, -0.25) is 0 Å².